The van der Waals surface area contributed by atoms with Crippen LogP contribution in [-0.4, -0.2) is 28.5 Å². The van der Waals surface area contributed by atoms with Crippen LogP contribution in [0.2, 0.25) is 5.02 Å². The zero-order valence-corrected chi connectivity index (χ0v) is 11.1. The number of rotatable bonds is 4. The molecule has 4 nitrogen and oxygen atoms in total. The summed E-state index contributed by atoms with van der Waals surface area (Å²) in [5, 5.41) is 18.7. The van der Waals surface area contributed by atoms with Crippen LogP contribution < -0.4 is 0 Å². The Hall–Kier alpha value is -1.73. The van der Waals surface area contributed by atoms with Crippen LogP contribution in [0.25, 0.3) is 0 Å². The SMILES string of the molecule is CC(C)N(CCC#N)C(=O)c1cc(Cl)ccc1O. The van der Waals surface area contributed by atoms with Crippen molar-refractivity contribution < 1.29 is 9.90 Å². The maximum atomic E-state index is 12.3. The summed E-state index contributed by atoms with van der Waals surface area (Å²) in [6, 6.07) is 6.29. The fraction of sp³-hybridized carbons (Fsp3) is 0.385. The van der Waals surface area contributed by atoms with Crippen LogP contribution in [0.4, 0.5) is 0 Å². The maximum Gasteiger partial charge on any atom is 0.257 e. The van der Waals surface area contributed by atoms with E-state index in [1.807, 2.05) is 19.9 Å². The molecule has 1 N–H and O–H groups in total. The van der Waals surface area contributed by atoms with Gasteiger partial charge in [-0.15, -0.1) is 0 Å². The largest absolute Gasteiger partial charge is 0.507 e. The molecule has 0 saturated heterocycles. The number of benzene rings is 1. The highest BCUT2D eigenvalue weighted by Crippen LogP contribution is 2.23. The van der Waals surface area contributed by atoms with Gasteiger partial charge in [0.1, 0.15) is 5.75 Å². The van der Waals surface area contributed by atoms with Gasteiger partial charge in [-0.05, 0) is 32.0 Å². The summed E-state index contributed by atoms with van der Waals surface area (Å²) >= 11 is 5.82. The minimum absolute atomic E-state index is 0.0516. The minimum Gasteiger partial charge on any atom is -0.507 e. The normalized spacial score (nSPS) is 10.2. The van der Waals surface area contributed by atoms with Crippen molar-refractivity contribution in [2.45, 2.75) is 26.3 Å². The van der Waals surface area contributed by atoms with Crippen molar-refractivity contribution in [2.75, 3.05) is 6.54 Å². The number of phenolic OH excluding ortho intramolecular Hbond substituents is 1. The van der Waals surface area contributed by atoms with Crippen molar-refractivity contribution in [1.82, 2.24) is 4.90 Å². The molecule has 0 unspecified atom stereocenters. The zero-order valence-electron chi connectivity index (χ0n) is 10.4. The molecule has 0 fully saturated rings. The maximum absolute atomic E-state index is 12.3. The third kappa shape index (κ3) is 3.38. The van der Waals surface area contributed by atoms with Crippen molar-refractivity contribution in [3.8, 4) is 11.8 Å². The van der Waals surface area contributed by atoms with Gasteiger partial charge in [-0.1, -0.05) is 11.6 Å². The van der Waals surface area contributed by atoms with Gasteiger partial charge in [-0.25, -0.2) is 0 Å². The summed E-state index contributed by atoms with van der Waals surface area (Å²) in [6.45, 7) is 4.05. The third-order valence-corrected chi connectivity index (χ3v) is 2.77. The van der Waals surface area contributed by atoms with Gasteiger partial charge in [0.15, 0.2) is 0 Å². The van der Waals surface area contributed by atoms with E-state index >= 15 is 0 Å². The number of amides is 1. The van der Waals surface area contributed by atoms with E-state index in [4.69, 9.17) is 16.9 Å². The number of halogens is 1. The Morgan fingerprint density at radius 1 is 1.56 bits per heavy atom. The first-order chi connectivity index (χ1) is 8.47. The van der Waals surface area contributed by atoms with Gasteiger partial charge in [0.2, 0.25) is 0 Å². The molecule has 0 radical (unpaired) electrons. The van der Waals surface area contributed by atoms with Crippen LogP contribution in [0.1, 0.15) is 30.6 Å². The van der Waals surface area contributed by atoms with E-state index in [1.165, 1.54) is 23.1 Å². The fourth-order valence-electron chi connectivity index (χ4n) is 1.60. The molecule has 0 bridgehead atoms. The first-order valence-electron chi connectivity index (χ1n) is 5.63. The lowest BCUT2D eigenvalue weighted by Crippen LogP contribution is -2.37. The van der Waals surface area contributed by atoms with Gasteiger partial charge in [-0.2, -0.15) is 5.26 Å². The Morgan fingerprint density at radius 3 is 2.78 bits per heavy atom. The second kappa shape index (κ2) is 6.27. The molecule has 18 heavy (non-hydrogen) atoms. The van der Waals surface area contributed by atoms with Crippen LogP contribution in [0.15, 0.2) is 18.2 Å². The highest BCUT2D eigenvalue weighted by molar-refractivity contribution is 6.31. The quantitative estimate of drug-likeness (QED) is 0.911. The molecule has 0 heterocycles. The summed E-state index contributed by atoms with van der Waals surface area (Å²) in [7, 11) is 0. The molecule has 0 spiro atoms. The Morgan fingerprint density at radius 2 is 2.22 bits per heavy atom. The summed E-state index contributed by atoms with van der Waals surface area (Å²) < 4.78 is 0. The molecule has 0 aliphatic heterocycles. The predicted octanol–water partition coefficient (Wildman–Crippen LogP) is 2.81. The van der Waals surface area contributed by atoms with Gasteiger partial charge in [0.25, 0.3) is 5.91 Å². The van der Waals surface area contributed by atoms with Crippen LogP contribution in [0, 0.1) is 11.3 Å². The summed E-state index contributed by atoms with van der Waals surface area (Å²) in [5.41, 5.74) is 0.161. The van der Waals surface area contributed by atoms with Crippen LogP contribution >= 0.6 is 11.6 Å². The molecule has 0 aliphatic carbocycles. The molecule has 0 atom stereocenters. The Labute approximate surface area is 111 Å². The Balaban J connectivity index is 3.02. The van der Waals surface area contributed by atoms with Gasteiger partial charge >= 0.3 is 0 Å². The molecule has 0 aliphatic rings. The minimum atomic E-state index is -0.319. The van der Waals surface area contributed by atoms with Crippen molar-refractivity contribution in [3.63, 3.8) is 0 Å². The second-order valence-corrected chi connectivity index (χ2v) is 4.60. The lowest BCUT2D eigenvalue weighted by molar-refractivity contribution is 0.0707. The Kier molecular flexibility index (Phi) is 4.99. The van der Waals surface area contributed by atoms with E-state index in [0.29, 0.717) is 11.6 Å². The zero-order chi connectivity index (χ0) is 13.7. The summed E-state index contributed by atoms with van der Waals surface area (Å²) in [6.07, 6.45) is 0.255. The molecule has 1 aromatic carbocycles. The lowest BCUT2D eigenvalue weighted by atomic mass is 10.1. The molecule has 1 amide bonds. The van der Waals surface area contributed by atoms with E-state index < -0.39 is 0 Å². The highest BCUT2D eigenvalue weighted by Gasteiger charge is 2.21. The standard InChI is InChI=1S/C13H15ClN2O2/c1-9(2)16(7-3-6-15)13(18)11-8-10(14)4-5-12(11)17/h4-5,8-9,17H,3,7H2,1-2H3. The van der Waals surface area contributed by atoms with Crippen molar-refractivity contribution >= 4 is 17.5 Å². The third-order valence-electron chi connectivity index (χ3n) is 2.54. The van der Waals surface area contributed by atoms with Gasteiger partial charge < -0.3 is 10.0 Å². The number of carbonyl (C=O) groups is 1. The Bertz CT molecular complexity index is 480. The predicted molar refractivity (Wildman–Crippen MR) is 69.5 cm³/mol. The molecule has 5 heteroatoms. The van der Waals surface area contributed by atoms with E-state index in [9.17, 15) is 9.90 Å². The molecule has 1 rings (SSSR count). The van der Waals surface area contributed by atoms with E-state index in [2.05, 4.69) is 0 Å². The van der Waals surface area contributed by atoms with Crippen molar-refractivity contribution in [1.29, 1.82) is 5.26 Å². The summed E-state index contributed by atoms with van der Waals surface area (Å²) in [5.74, 6) is -0.424. The number of phenols is 1. The number of hydrogen-bond donors (Lipinski definition) is 1. The van der Waals surface area contributed by atoms with E-state index in [-0.39, 0.29) is 29.7 Å². The fourth-order valence-corrected chi connectivity index (χ4v) is 1.77. The first-order valence-corrected chi connectivity index (χ1v) is 6.01. The average Bonchev–Trinajstić information content (AvgIpc) is 2.32. The van der Waals surface area contributed by atoms with Crippen LogP contribution in [0.5, 0.6) is 5.75 Å². The van der Waals surface area contributed by atoms with Crippen LogP contribution in [0.3, 0.4) is 0 Å². The van der Waals surface area contributed by atoms with Gasteiger partial charge in [-0.3, -0.25) is 4.79 Å². The average molecular weight is 267 g/mol. The van der Waals surface area contributed by atoms with Gasteiger partial charge in [0, 0.05) is 17.6 Å². The second-order valence-electron chi connectivity index (χ2n) is 4.16. The number of aromatic hydroxyl groups is 1. The molecule has 0 saturated carbocycles. The number of nitrogens with zero attached hydrogens (tertiary/aromatic N) is 2. The molecular weight excluding hydrogens is 252 g/mol. The lowest BCUT2D eigenvalue weighted by Gasteiger charge is -2.26. The smallest absolute Gasteiger partial charge is 0.257 e. The van der Waals surface area contributed by atoms with Crippen molar-refractivity contribution in [2.24, 2.45) is 0 Å². The molecule has 1 aromatic rings. The monoisotopic (exact) mass is 266 g/mol. The van der Waals surface area contributed by atoms with Crippen LogP contribution in [-0.2, 0) is 0 Å². The molecule has 0 aromatic heterocycles. The first kappa shape index (κ1) is 14.3. The summed E-state index contributed by atoms with van der Waals surface area (Å²) in [4.78, 5) is 13.8. The highest BCUT2D eigenvalue weighted by atomic mass is 35.5. The van der Waals surface area contributed by atoms with Crippen molar-refractivity contribution in [3.05, 3.63) is 28.8 Å². The molecular formula is C13H15ClN2O2. The topological polar surface area (TPSA) is 64.3 Å². The van der Waals surface area contributed by atoms with Gasteiger partial charge in [0.05, 0.1) is 18.1 Å². The number of nitriles is 1. The number of hydrogen-bond acceptors (Lipinski definition) is 3. The van der Waals surface area contributed by atoms with E-state index in [0.717, 1.165) is 0 Å². The van der Waals surface area contributed by atoms with E-state index in [1.54, 1.807) is 0 Å². The number of carbonyl (C=O) groups excluding carboxylic acids is 1. The molecule has 96 valence electrons.